The number of carbonyl (C=O) groups is 2. The Hall–Kier alpha value is -1.88. The van der Waals surface area contributed by atoms with Crippen LogP contribution in [-0.4, -0.2) is 29.2 Å². The Balaban J connectivity index is 1.94. The van der Waals surface area contributed by atoms with Gasteiger partial charge in [-0.2, -0.15) is 0 Å². The fourth-order valence-electron chi connectivity index (χ4n) is 2.92. The van der Waals surface area contributed by atoms with Gasteiger partial charge in [-0.1, -0.05) is 56.0 Å². The van der Waals surface area contributed by atoms with Crippen LogP contribution in [0.4, 0.5) is 0 Å². The molecule has 2 atom stereocenters. The number of ether oxygens (including phenoxy) is 1. The molecule has 1 aromatic rings. The van der Waals surface area contributed by atoms with Crippen molar-refractivity contribution in [1.29, 1.82) is 0 Å². The van der Waals surface area contributed by atoms with Gasteiger partial charge in [-0.15, -0.1) is 0 Å². The minimum atomic E-state index is -1.08. The van der Waals surface area contributed by atoms with E-state index in [-0.39, 0.29) is 12.0 Å². The lowest BCUT2D eigenvalue weighted by molar-refractivity contribution is -0.145. The number of benzene rings is 1. The van der Waals surface area contributed by atoms with E-state index in [9.17, 15) is 14.7 Å². The molecular weight excluding hydrogens is 294 g/mol. The molecular formula is C18H25NO4. The van der Waals surface area contributed by atoms with Crippen LogP contribution in [0.25, 0.3) is 0 Å². The van der Waals surface area contributed by atoms with Crippen LogP contribution in [-0.2, 0) is 14.3 Å². The molecule has 1 amide bonds. The highest BCUT2D eigenvalue weighted by Crippen LogP contribution is 2.21. The predicted octanol–water partition coefficient (Wildman–Crippen LogP) is 3.06. The first-order valence-electron chi connectivity index (χ1n) is 8.31. The van der Waals surface area contributed by atoms with E-state index in [4.69, 9.17) is 4.74 Å². The van der Waals surface area contributed by atoms with Crippen LogP contribution >= 0.6 is 0 Å². The number of nitrogens with one attached hydrogen (secondary N) is 1. The maximum Gasteiger partial charge on any atom is 0.330 e. The molecule has 1 aliphatic rings. The summed E-state index contributed by atoms with van der Waals surface area (Å²) in [6, 6.07) is 7.64. The standard InChI is InChI=1S/C18H25NO4/c1-13(23-15-11-7-2-3-8-12-15)17(20)19-16(18(21)22)14-9-5-4-6-10-14/h4-6,9-10,13,15-16H,2-3,7-8,11-12H2,1H3,(H,19,20)(H,21,22). The van der Waals surface area contributed by atoms with Crippen molar-refractivity contribution in [3.05, 3.63) is 35.9 Å². The van der Waals surface area contributed by atoms with Gasteiger partial charge in [-0.25, -0.2) is 4.79 Å². The molecule has 0 heterocycles. The van der Waals surface area contributed by atoms with Gasteiger partial charge < -0.3 is 15.2 Å². The maximum absolute atomic E-state index is 12.3. The number of carbonyl (C=O) groups excluding carboxylic acids is 1. The first-order chi connectivity index (χ1) is 11.1. The largest absolute Gasteiger partial charge is 0.479 e. The normalized spacial score (nSPS) is 18.7. The van der Waals surface area contributed by atoms with Crippen LogP contribution in [0.3, 0.4) is 0 Å². The lowest BCUT2D eigenvalue weighted by Gasteiger charge is -2.22. The number of carboxylic acids is 1. The van der Waals surface area contributed by atoms with E-state index in [1.54, 1.807) is 31.2 Å². The molecule has 1 saturated carbocycles. The van der Waals surface area contributed by atoms with Crippen molar-refractivity contribution in [2.75, 3.05) is 0 Å². The van der Waals surface area contributed by atoms with Crippen molar-refractivity contribution in [3.63, 3.8) is 0 Å². The summed E-state index contributed by atoms with van der Waals surface area (Å²) in [4.78, 5) is 23.7. The van der Waals surface area contributed by atoms with Gasteiger partial charge in [-0.3, -0.25) is 4.79 Å². The van der Waals surface area contributed by atoms with Crippen molar-refractivity contribution < 1.29 is 19.4 Å². The minimum Gasteiger partial charge on any atom is -0.479 e. The fourth-order valence-corrected chi connectivity index (χ4v) is 2.92. The number of carboxylic acid groups (broad SMARTS) is 1. The molecule has 23 heavy (non-hydrogen) atoms. The number of amides is 1. The third-order valence-electron chi connectivity index (χ3n) is 4.23. The van der Waals surface area contributed by atoms with E-state index < -0.39 is 18.1 Å². The molecule has 0 aromatic heterocycles. The topological polar surface area (TPSA) is 75.6 Å². The highest BCUT2D eigenvalue weighted by Gasteiger charge is 2.26. The van der Waals surface area contributed by atoms with Crippen molar-refractivity contribution >= 4 is 11.9 Å². The zero-order valence-corrected chi connectivity index (χ0v) is 13.5. The molecule has 2 unspecified atom stereocenters. The molecule has 2 rings (SSSR count). The van der Waals surface area contributed by atoms with Gasteiger partial charge in [0.15, 0.2) is 6.04 Å². The number of hydrogen-bond donors (Lipinski definition) is 2. The van der Waals surface area contributed by atoms with Gasteiger partial charge in [0.25, 0.3) is 0 Å². The Kier molecular flexibility index (Phi) is 6.59. The summed E-state index contributed by atoms with van der Waals surface area (Å²) in [6.07, 6.45) is 6.08. The van der Waals surface area contributed by atoms with E-state index >= 15 is 0 Å². The molecule has 0 spiro atoms. The second kappa shape index (κ2) is 8.67. The molecule has 1 aromatic carbocycles. The number of rotatable bonds is 6. The van der Waals surface area contributed by atoms with Crippen molar-refractivity contribution in [3.8, 4) is 0 Å². The smallest absolute Gasteiger partial charge is 0.330 e. The zero-order valence-electron chi connectivity index (χ0n) is 13.5. The second-order valence-corrected chi connectivity index (χ2v) is 6.08. The molecule has 126 valence electrons. The Labute approximate surface area is 137 Å². The third-order valence-corrected chi connectivity index (χ3v) is 4.23. The zero-order chi connectivity index (χ0) is 16.7. The molecule has 0 radical (unpaired) electrons. The van der Waals surface area contributed by atoms with Gasteiger partial charge >= 0.3 is 5.97 Å². The van der Waals surface area contributed by atoms with Crippen molar-refractivity contribution in [2.24, 2.45) is 0 Å². The van der Waals surface area contributed by atoms with E-state index in [2.05, 4.69) is 5.32 Å². The van der Waals surface area contributed by atoms with E-state index in [1.807, 2.05) is 6.07 Å². The summed E-state index contributed by atoms with van der Waals surface area (Å²) in [5, 5.41) is 11.9. The van der Waals surface area contributed by atoms with Crippen LogP contribution in [0.15, 0.2) is 30.3 Å². The second-order valence-electron chi connectivity index (χ2n) is 6.08. The van der Waals surface area contributed by atoms with Crippen LogP contribution in [0.5, 0.6) is 0 Å². The van der Waals surface area contributed by atoms with E-state index in [0.717, 1.165) is 25.7 Å². The maximum atomic E-state index is 12.3. The molecule has 1 fully saturated rings. The number of hydrogen-bond acceptors (Lipinski definition) is 3. The van der Waals surface area contributed by atoms with Gasteiger partial charge in [0.2, 0.25) is 5.91 Å². The van der Waals surface area contributed by atoms with Crippen LogP contribution < -0.4 is 5.32 Å². The van der Waals surface area contributed by atoms with Gasteiger partial charge in [0.1, 0.15) is 6.10 Å². The minimum absolute atomic E-state index is 0.0956. The summed E-state index contributed by atoms with van der Waals surface area (Å²) in [5.41, 5.74) is 0.551. The van der Waals surface area contributed by atoms with Crippen LogP contribution in [0.2, 0.25) is 0 Å². The highest BCUT2D eigenvalue weighted by molar-refractivity contribution is 5.86. The summed E-state index contributed by atoms with van der Waals surface area (Å²) >= 11 is 0. The van der Waals surface area contributed by atoms with Gasteiger partial charge in [-0.05, 0) is 25.3 Å². The molecule has 0 bridgehead atoms. The average Bonchev–Trinajstić information content (AvgIpc) is 2.81. The molecule has 1 aliphatic carbocycles. The average molecular weight is 319 g/mol. The molecule has 5 heteroatoms. The SMILES string of the molecule is CC(OC1CCCCCC1)C(=O)NC(C(=O)O)c1ccccc1. The lowest BCUT2D eigenvalue weighted by Crippen LogP contribution is -2.41. The molecule has 0 saturated heterocycles. The Morgan fingerprint density at radius 3 is 2.30 bits per heavy atom. The predicted molar refractivity (Wildman–Crippen MR) is 87.0 cm³/mol. The lowest BCUT2D eigenvalue weighted by atomic mass is 10.1. The first-order valence-corrected chi connectivity index (χ1v) is 8.31. The van der Waals surface area contributed by atoms with Crippen molar-refractivity contribution in [1.82, 2.24) is 5.32 Å². The summed E-state index contributed by atoms with van der Waals surface area (Å²) in [6.45, 7) is 1.68. The van der Waals surface area contributed by atoms with E-state index in [0.29, 0.717) is 5.56 Å². The summed E-state index contributed by atoms with van der Waals surface area (Å²) in [7, 11) is 0. The summed E-state index contributed by atoms with van der Waals surface area (Å²) in [5.74, 6) is -1.46. The quantitative estimate of drug-likeness (QED) is 0.790. The molecule has 5 nitrogen and oxygen atoms in total. The summed E-state index contributed by atoms with van der Waals surface area (Å²) < 4.78 is 5.84. The van der Waals surface area contributed by atoms with Crippen LogP contribution in [0, 0.1) is 0 Å². The van der Waals surface area contributed by atoms with Crippen LogP contribution in [0.1, 0.15) is 57.1 Å². The van der Waals surface area contributed by atoms with E-state index in [1.165, 1.54) is 12.8 Å². The Bertz CT molecular complexity index is 509. The molecule has 2 N–H and O–H groups in total. The highest BCUT2D eigenvalue weighted by atomic mass is 16.5. The van der Waals surface area contributed by atoms with Crippen molar-refractivity contribution in [2.45, 2.75) is 63.7 Å². The molecule has 0 aliphatic heterocycles. The Morgan fingerprint density at radius 1 is 1.13 bits per heavy atom. The van der Waals surface area contributed by atoms with Gasteiger partial charge in [0, 0.05) is 0 Å². The third kappa shape index (κ3) is 5.36. The monoisotopic (exact) mass is 319 g/mol. The van der Waals surface area contributed by atoms with Gasteiger partial charge in [0.05, 0.1) is 6.10 Å². The Morgan fingerprint density at radius 2 is 1.74 bits per heavy atom. The first kappa shape index (κ1) is 17.5. The fraction of sp³-hybridized carbons (Fsp3) is 0.556. The number of aliphatic carboxylic acids is 1.